The zero-order valence-corrected chi connectivity index (χ0v) is 11.2. The van der Waals surface area contributed by atoms with Gasteiger partial charge in [-0.1, -0.05) is 6.04 Å². The minimum absolute atomic E-state index is 0. The number of hydrogen-bond acceptors (Lipinski definition) is 5. The number of aliphatic hydroxyl groups excluding tert-OH is 3. The van der Waals surface area contributed by atoms with E-state index in [0.29, 0.717) is 0 Å². The van der Waals surface area contributed by atoms with Crippen LogP contribution in [0.15, 0.2) is 0 Å². The van der Waals surface area contributed by atoms with Gasteiger partial charge < -0.3 is 30.2 Å². The maximum Gasteiger partial charge on any atom is 0.109 e. The molecule has 0 aromatic rings. The Balaban J connectivity index is 0.00000196. The first-order valence-electron chi connectivity index (χ1n) is 4.36. The summed E-state index contributed by atoms with van der Waals surface area (Å²) in [6.07, 6.45) is -3.17. The van der Waals surface area contributed by atoms with Crippen LogP contribution in [0.1, 0.15) is 6.92 Å². The summed E-state index contributed by atoms with van der Waals surface area (Å²) in [6.45, 7) is 0.922. The number of aliphatic hydroxyl groups is 3. The minimum Gasteiger partial charge on any atom is -0.647 e. The Labute approximate surface area is 113 Å². The minimum atomic E-state index is -1.21. The fourth-order valence-corrected chi connectivity index (χ4v) is 1.37. The summed E-state index contributed by atoms with van der Waals surface area (Å²) in [6, 6.07) is -0.745. The summed E-state index contributed by atoms with van der Waals surface area (Å²) in [5, 5.41) is 31.2. The molecule has 4 atom stereocenters. The van der Waals surface area contributed by atoms with E-state index in [2.05, 4.69) is 5.32 Å². The van der Waals surface area contributed by atoms with Crippen LogP contribution in [-0.2, 0) is 42.2 Å². The van der Waals surface area contributed by atoms with Gasteiger partial charge in [-0.05, 0) is 6.92 Å². The summed E-state index contributed by atoms with van der Waals surface area (Å²) in [4.78, 5) is 10.7. The van der Waals surface area contributed by atoms with Gasteiger partial charge in [-0.2, -0.15) is 0 Å². The summed E-state index contributed by atoms with van der Waals surface area (Å²) in [5.74, 6) is -0.424. The zero-order valence-electron chi connectivity index (χ0n) is 8.41. The number of rotatable bonds is 2. The normalized spacial score (nSPS) is 35.5. The molecule has 1 radical (unpaired) electrons. The second kappa shape index (κ2) is 6.88. The molecule has 1 aliphatic heterocycles. The topological polar surface area (TPSA) is 101 Å². The van der Waals surface area contributed by atoms with E-state index in [1.54, 1.807) is 0 Å². The smallest absolute Gasteiger partial charge is 0.109 e. The van der Waals surface area contributed by atoms with E-state index in [1.165, 1.54) is 6.92 Å². The molecule has 0 aliphatic carbocycles. The molecule has 1 amide bonds. The van der Waals surface area contributed by atoms with Gasteiger partial charge in [0.1, 0.15) is 12.2 Å². The van der Waals surface area contributed by atoms with Crippen molar-refractivity contribution in [1.82, 2.24) is 0 Å². The van der Waals surface area contributed by atoms with Crippen molar-refractivity contribution in [3.63, 3.8) is 0 Å². The fourth-order valence-electron chi connectivity index (χ4n) is 1.37. The molecule has 0 aromatic heterocycles. The molecular formula is C8H14NO5Y-. The van der Waals surface area contributed by atoms with Gasteiger partial charge in [0.2, 0.25) is 0 Å². The molecule has 1 unspecified atom stereocenters. The number of hydrogen-bond donors (Lipinski definition) is 3. The first-order chi connectivity index (χ1) is 6.56. The number of nitrogens with zero attached hydrogens (tertiary/aromatic N) is 1. The van der Waals surface area contributed by atoms with Crippen LogP contribution in [0.2, 0.25) is 0 Å². The van der Waals surface area contributed by atoms with Crippen molar-refractivity contribution >= 4 is 5.91 Å². The van der Waals surface area contributed by atoms with Crippen molar-refractivity contribution < 1.29 is 57.6 Å². The van der Waals surface area contributed by atoms with Gasteiger partial charge >= 0.3 is 0 Å². The number of carbonyl (C=O) groups excluding carboxylic acids is 1. The number of amides is 1. The second-order valence-electron chi connectivity index (χ2n) is 3.25. The van der Waals surface area contributed by atoms with Gasteiger partial charge in [0.25, 0.3) is 0 Å². The standard InChI is InChI=1S/C8H15NO5.Y/c1-4(11)9-5-3-14-6(2-10)8(13)7(5)12;/h5-8,10,12-13H,2-3H2,1H3,(H,9,11);/p-1/t5?,6-,7-,8+;/m1./s1. The molecule has 0 aromatic carbocycles. The summed E-state index contributed by atoms with van der Waals surface area (Å²) < 4.78 is 5.02. The Morgan fingerprint density at radius 2 is 2.07 bits per heavy atom. The van der Waals surface area contributed by atoms with Gasteiger partial charge in [-0.3, -0.25) is 0 Å². The molecule has 6 nitrogen and oxygen atoms in total. The molecule has 0 bridgehead atoms. The number of carbonyl (C=O) groups is 1. The molecule has 0 spiro atoms. The first kappa shape index (κ1) is 15.4. The van der Waals surface area contributed by atoms with E-state index in [-0.39, 0.29) is 45.9 Å². The van der Waals surface area contributed by atoms with Crippen LogP contribution in [0.5, 0.6) is 0 Å². The maximum absolute atomic E-state index is 10.7. The molecule has 1 heterocycles. The predicted octanol–water partition coefficient (Wildman–Crippen LogP) is -1.61. The van der Waals surface area contributed by atoms with Crippen LogP contribution in [0, 0.1) is 0 Å². The van der Waals surface area contributed by atoms with Crippen LogP contribution < -0.4 is 0 Å². The molecule has 0 saturated carbocycles. The molecule has 15 heavy (non-hydrogen) atoms. The van der Waals surface area contributed by atoms with Gasteiger partial charge in [-0.25, -0.2) is 0 Å². The van der Waals surface area contributed by atoms with Gasteiger partial charge in [0.05, 0.1) is 12.7 Å². The van der Waals surface area contributed by atoms with Gasteiger partial charge in [0, 0.05) is 45.2 Å². The van der Waals surface area contributed by atoms with Crippen LogP contribution in [-0.4, -0.2) is 58.8 Å². The molecule has 1 aliphatic rings. The molecule has 3 N–H and O–H groups in total. The maximum atomic E-state index is 10.7. The van der Waals surface area contributed by atoms with Gasteiger partial charge in [0.15, 0.2) is 0 Å². The molecule has 1 fully saturated rings. The van der Waals surface area contributed by atoms with Crippen molar-refractivity contribution in [3.05, 3.63) is 5.32 Å². The molecule has 85 valence electrons. The van der Waals surface area contributed by atoms with E-state index < -0.39 is 30.3 Å². The van der Waals surface area contributed by atoms with Crippen LogP contribution in [0.4, 0.5) is 0 Å². The molecule has 1 saturated heterocycles. The Morgan fingerprint density at radius 3 is 2.53 bits per heavy atom. The van der Waals surface area contributed by atoms with Crippen molar-refractivity contribution in [2.75, 3.05) is 13.2 Å². The monoisotopic (exact) mass is 293 g/mol. The van der Waals surface area contributed by atoms with E-state index in [0.717, 1.165) is 0 Å². The van der Waals surface area contributed by atoms with Crippen molar-refractivity contribution in [2.45, 2.75) is 31.3 Å². The van der Waals surface area contributed by atoms with Crippen LogP contribution >= 0.6 is 0 Å². The Kier molecular flexibility index (Phi) is 7.07. The largest absolute Gasteiger partial charge is 0.647 e. The van der Waals surface area contributed by atoms with Crippen molar-refractivity contribution in [2.24, 2.45) is 0 Å². The van der Waals surface area contributed by atoms with E-state index in [4.69, 9.17) is 9.84 Å². The predicted molar refractivity (Wildman–Crippen MR) is 46.7 cm³/mol. The summed E-state index contributed by atoms with van der Waals surface area (Å²) >= 11 is 0. The van der Waals surface area contributed by atoms with Crippen LogP contribution in [0.25, 0.3) is 5.32 Å². The Hall–Kier alpha value is 0.414. The molecule has 7 heteroatoms. The zero-order chi connectivity index (χ0) is 10.7. The first-order valence-corrected chi connectivity index (χ1v) is 4.36. The third-order valence-electron chi connectivity index (χ3n) is 2.13. The molecular weight excluding hydrogens is 279 g/mol. The second-order valence-corrected chi connectivity index (χ2v) is 3.25. The summed E-state index contributed by atoms with van der Waals surface area (Å²) in [7, 11) is 0. The van der Waals surface area contributed by atoms with E-state index >= 15 is 0 Å². The van der Waals surface area contributed by atoms with Crippen molar-refractivity contribution in [3.8, 4) is 0 Å². The average molecular weight is 293 g/mol. The third kappa shape index (κ3) is 4.05. The van der Waals surface area contributed by atoms with Gasteiger partial charge in [-0.15, -0.1) is 0 Å². The quantitative estimate of drug-likeness (QED) is 0.568. The Morgan fingerprint density at radius 1 is 1.47 bits per heavy atom. The fraction of sp³-hybridized carbons (Fsp3) is 0.875. The number of ether oxygens (including phenoxy) is 1. The third-order valence-corrected chi connectivity index (χ3v) is 2.13. The Bertz CT molecular complexity index is 215. The molecule has 1 rings (SSSR count). The van der Waals surface area contributed by atoms with Crippen LogP contribution in [0.3, 0.4) is 0 Å². The van der Waals surface area contributed by atoms with E-state index in [9.17, 15) is 15.0 Å². The van der Waals surface area contributed by atoms with Crippen molar-refractivity contribution in [1.29, 1.82) is 0 Å². The summed E-state index contributed by atoms with van der Waals surface area (Å²) in [5.41, 5.74) is 0. The SMILES string of the molecule is CC(=O)[N-]C1CO[C@H](CO)[C@H](O)[C@@H]1O.[Y]. The average Bonchev–Trinajstić information content (AvgIpc) is 2.13. The van der Waals surface area contributed by atoms with E-state index in [1.807, 2.05) is 0 Å².